The topological polar surface area (TPSA) is 60.9 Å². The molecule has 1 aliphatic heterocycles. The van der Waals surface area contributed by atoms with Gasteiger partial charge in [-0.15, -0.1) is 0 Å². The lowest BCUT2D eigenvalue weighted by atomic mass is 9.73. The number of hydrogen-bond acceptors (Lipinski definition) is 3. The zero-order valence-electron chi connectivity index (χ0n) is 16.8. The Hall–Kier alpha value is -2.08. The molecule has 1 saturated heterocycles. The Morgan fingerprint density at radius 1 is 1.07 bits per heavy atom. The number of rotatable bonds is 3. The second kappa shape index (κ2) is 7.63. The van der Waals surface area contributed by atoms with Crippen molar-refractivity contribution >= 4 is 35.2 Å². The SMILES string of the molecule is CC(c1ccccc1)N1CC(=O)N(C(=O)O)[C@@]1(c1c(Cl)cccc1Cl)C(C)(C)C. The normalized spacial score (nSPS) is 21.4. The van der Waals surface area contributed by atoms with Crippen LogP contribution in [0.1, 0.15) is 44.9 Å². The van der Waals surface area contributed by atoms with Crippen molar-refractivity contribution in [2.24, 2.45) is 5.41 Å². The van der Waals surface area contributed by atoms with Crippen LogP contribution < -0.4 is 0 Å². The molecule has 0 aliphatic carbocycles. The Kier molecular flexibility index (Phi) is 5.69. The molecule has 2 amide bonds. The van der Waals surface area contributed by atoms with Gasteiger partial charge in [0.25, 0.3) is 0 Å². The van der Waals surface area contributed by atoms with Crippen LogP contribution in [0.3, 0.4) is 0 Å². The molecule has 5 nitrogen and oxygen atoms in total. The van der Waals surface area contributed by atoms with Crippen LogP contribution in [-0.4, -0.2) is 33.5 Å². The van der Waals surface area contributed by atoms with Crippen LogP contribution in [0.5, 0.6) is 0 Å². The zero-order valence-corrected chi connectivity index (χ0v) is 18.3. The van der Waals surface area contributed by atoms with Crippen molar-refractivity contribution in [1.29, 1.82) is 0 Å². The highest BCUT2D eigenvalue weighted by Crippen LogP contribution is 2.56. The van der Waals surface area contributed by atoms with E-state index in [0.29, 0.717) is 15.6 Å². The van der Waals surface area contributed by atoms with Gasteiger partial charge in [0.05, 0.1) is 6.54 Å². The molecule has 2 aromatic rings. The summed E-state index contributed by atoms with van der Waals surface area (Å²) in [5.74, 6) is -0.508. The minimum absolute atomic E-state index is 0.0683. The Bertz CT molecular complexity index is 923. The third-order valence-corrected chi connectivity index (χ3v) is 6.22. The minimum atomic E-state index is -1.39. The molecule has 0 aromatic heterocycles. The molecule has 3 rings (SSSR count). The summed E-state index contributed by atoms with van der Waals surface area (Å²) in [7, 11) is 0. The van der Waals surface area contributed by atoms with E-state index in [4.69, 9.17) is 23.2 Å². The van der Waals surface area contributed by atoms with Crippen LogP contribution in [0.25, 0.3) is 0 Å². The highest BCUT2D eigenvalue weighted by atomic mass is 35.5. The third-order valence-electron chi connectivity index (χ3n) is 5.59. The van der Waals surface area contributed by atoms with Crippen molar-refractivity contribution in [3.8, 4) is 0 Å². The maximum Gasteiger partial charge on any atom is 0.415 e. The number of nitrogens with zero attached hydrogens (tertiary/aromatic N) is 2. The summed E-state index contributed by atoms with van der Waals surface area (Å²) in [5.41, 5.74) is -0.744. The molecule has 2 aromatic carbocycles. The van der Waals surface area contributed by atoms with Gasteiger partial charge in [0.15, 0.2) is 0 Å². The van der Waals surface area contributed by atoms with Crippen LogP contribution in [0.15, 0.2) is 48.5 Å². The standard InChI is InChI=1S/C22H24Cl2N2O3/c1-14(15-9-6-5-7-10-15)25-13-18(27)26(20(28)29)22(25,21(2,3)4)19-16(23)11-8-12-17(19)24/h5-12,14H,13H2,1-4H3,(H,28,29)/t14?,22-/m0/s1. The summed E-state index contributed by atoms with van der Waals surface area (Å²) < 4.78 is 0. The fourth-order valence-corrected chi connectivity index (χ4v) is 5.10. The molecule has 1 unspecified atom stereocenters. The Labute approximate surface area is 180 Å². The van der Waals surface area contributed by atoms with Crippen molar-refractivity contribution in [2.45, 2.75) is 39.4 Å². The molecule has 1 aliphatic rings. The second-order valence-electron chi connectivity index (χ2n) is 8.25. The van der Waals surface area contributed by atoms with E-state index in [0.717, 1.165) is 10.5 Å². The number of hydrogen-bond donors (Lipinski definition) is 1. The van der Waals surface area contributed by atoms with Crippen molar-refractivity contribution in [2.75, 3.05) is 6.54 Å². The molecule has 7 heteroatoms. The van der Waals surface area contributed by atoms with Gasteiger partial charge < -0.3 is 5.11 Å². The monoisotopic (exact) mass is 434 g/mol. The number of carbonyl (C=O) groups excluding carboxylic acids is 1. The van der Waals surface area contributed by atoms with Gasteiger partial charge in [-0.2, -0.15) is 0 Å². The molecule has 1 N–H and O–H groups in total. The fraction of sp³-hybridized carbons (Fsp3) is 0.364. The van der Waals surface area contributed by atoms with Crippen LogP contribution in [0.2, 0.25) is 10.0 Å². The molecular weight excluding hydrogens is 411 g/mol. The summed E-state index contributed by atoms with van der Waals surface area (Å²) in [5, 5.41) is 10.7. The van der Waals surface area contributed by atoms with E-state index < -0.39 is 23.1 Å². The summed E-state index contributed by atoms with van der Waals surface area (Å²) in [6, 6.07) is 14.4. The zero-order chi connectivity index (χ0) is 21.6. The van der Waals surface area contributed by atoms with E-state index in [1.165, 1.54) is 0 Å². The van der Waals surface area contributed by atoms with E-state index >= 15 is 0 Å². The average Bonchev–Trinajstić information content (AvgIpc) is 2.95. The van der Waals surface area contributed by atoms with Gasteiger partial charge >= 0.3 is 6.09 Å². The van der Waals surface area contributed by atoms with E-state index in [9.17, 15) is 14.7 Å². The van der Waals surface area contributed by atoms with E-state index in [1.54, 1.807) is 18.2 Å². The quantitative estimate of drug-likeness (QED) is 0.665. The molecule has 0 bridgehead atoms. The largest absolute Gasteiger partial charge is 0.465 e. The predicted molar refractivity (Wildman–Crippen MR) is 114 cm³/mol. The lowest BCUT2D eigenvalue weighted by Gasteiger charge is -2.53. The van der Waals surface area contributed by atoms with Crippen LogP contribution in [0.4, 0.5) is 4.79 Å². The van der Waals surface area contributed by atoms with Gasteiger partial charge in [0.2, 0.25) is 5.91 Å². The smallest absolute Gasteiger partial charge is 0.415 e. The lowest BCUT2D eigenvalue weighted by molar-refractivity contribution is -0.135. The van der Waals surface area contributed by atoms with Crippen LogP contribution >= 0.6 is 23.2 Å². The third kappa shape index (κ3) is 3.31. The van der Waals surface area contributed by atoms with Gasteiger partial charge in [-0.3, -0.25) is 9.69 Å². The first-order valence-corrected chi connectivity index (χ1v) is 10.1. The van der Waals surface area contributed by atoms with Gasteiger partial charge in [-0.05, 0) is 24.6 Å². The molecule has 1 heterocycles. The first-order chi connectivity index (χ1) is 13.5. The number of benzene rings is 2. The molecule has 2 atom stereocenters. The maximum absolute atomic E-state index is 13.0. The van der Waals surface area contributed by atoms with Crippen LogP contribution in [0, 0.1) is 5.41 Å². The van der Waals surface area contributed by atoms with Gasteiger partial charge in [-0.25, -0.2) is 9.69 Å². The molecule has 1 fully saturated rings. The Balaban J connectivity index is 2.38. The lowest BCUT2D eigenvalue weighted by Crippen LogP contribution is -2.61. The summed E-state index contributed by atoms with van der Waals surface area (Å²) in [6.45, 7) is 7.57. The van der Waals surface area contributed by atoms with Crippen molar-refractivity contribution in [3.05, 3.63) is 69.7 Å². The Morgan fingerprint density at radius 2 is 1.62 bits per heavy atom. The highest BCUT2D eigenvalue weighted by molar-refractivity contribution is 6.36. The molecule has 154 valence electrons. The van der Waals surface area contributed by atoms with Crippen molar-refractivity contribution in [1.82, 2.24) is 9.80 Å². The summed E-state index contributed by atoms with van der Waals surface area (Å²) in [6.07, 6.45) is -1.33. The first kappa shape index (κ1) is 21.6. The van der Waals surface area contributed by atoms with Crippen molar-refractivity contribution in [3.63, 3.8) is 0 Å². The number of amides is 2. The molecule has 0 saturated carbocycles. The molecule has 0 spiro atoms. The number of imide groups is 1. The van der Waals surface area contributed by atoms with E-state index in [-0.39, 0.29) is 12.6 Å². The van der Waals surface area contributed by atoms with Gasteiger partial charge in [-0.1, -0.05) is 80.4 Å². The minimum Gasteiger partial charge on any atom is -0.465 e. The molecular formula is C22H24Cl2N2O3. The summed E-state index contributed by atoms with van der Waals surface area (Å²) >= 11 is 13.2. The number of halogens is 2. The number of carbonyl (C=O) groups is 2. The first-order valence-electron chi connectivity index (χ1n) is 9.35. The molecule has 0 radical (unpaired) electrons. The predicted octanol–water partition coefficient (Wildman–Crippen LogP) is 5.78. The van der Waals surface area contributed by atoms with Gasteiger partial charge in [0, 0.05) is 27.1 Å². The second-order valence-corrected chi connectivity index (χ2v) is 9.06. The van der Waals surface area contributed by atoms with E-state index in [2.05, 4.69) is 0 Å². The van der Waals surface area contributed by atoms with Crippen molar-refractivity contribution < 1.29 is 14.7 Å². The van der Waals surface area contributed by atoms with Crippen LogP contribution in [-0.2, 0) is 10.5 Å². The molecule has 29 heavy (non-hydrogen) atoms. The Morgan fingerprint density at radius 3 is 2.10 bits per heavy atom. The van der Waals surface area contributed by atoms with Gasteiger partial charge in [0.1, 0.15) is 5.66 Å². The maximum atomic E-state index is 13.0. The average molecular weight is 435 g/mol. The van der Waals surface area contributed by atoms with E-state index in [1.807, 2.05) is 62.9 Å². The summed E-state index contributed by atoms with van der Waals surface area (Å²) in [4.78, 5) is 28.2. The number of carboxylic acid groups (broad SMARTS) is 1. The fourth-order valence-electron chi connectivity index (χ4n) is 4.44. The highest BCUT2D eigenvalue weighted by Gasteiger charge is 2.64.